The summed E-state index contributed by atoms with van der Waals surface area (Å²) >= 11 is 0. The van der Waals surface area contributed by atoms with Crippen molar-refractivity contribution in [1.29, 1.82) is 5.26 Å². The van der Waals surface area contributed by atoms with Crippen LogP contribution in [0.15, 0.2) is 30.0 Å². The number of hydrogen-bond donors (Lipinski definition) is 2. The molecule has 0 unspecified atom stereocenters. The van der Waals surface area contributed by atoms with Gasteiger partial charge in [-0.25, -0.2) is 0 Å². The third-order valence-corrected chi connectivity index (χ3v) is 5.30. The Bertz CT molecular complexity index is 974. The number of aliphatic hydroxyl groups is 1. The summed E-state index contributed by atoms with van der Waals surface area (Å²) in [7, 11) is 1.58. The number of carbonyl (C=O) groups is 1. The van der Waals surface area contributed by atoms with Crippen LogP contribution in [-0.2, 0) is 17.8 Å². The van der Waals surface area contributed by atoms with Gasteiger partial charge in [-0.15, -0.1) is 10.2 Å². The second-order valence-corrected chi connectivity index (χ2v) is 7.42. The molecule has 2 heterocycles. The fourth-order valence-electron chi connectivity index (χ4n) is 3.56. The third kappa shape index (κ3) is 5.61. The van der Waals surface area contributed by atoms with Gasteiger partial charge < -0.3 is 19.7 Å². The van der Waals surface area contributed by atoms with Gasteiger partial charge in [0.2, 0.25) is 5.91 Å². The van der Waals surface area contributed by atoms with E-state index >= 15 is 0 Å². The molecule has 1 aromatic carbocycles. The van der Waals surface area contributed by atoms with E-state index in [0.29, 0.717) is 23.8 Å². The lowest BCUT2D eigenvalue weighted by Crippen LogP contribution is -2.34. The molecule has 31 heavy (non-hydrogen) atoms. The van der Waals surface area contributed by atoms with Gasteiger partial charge in [-0.2, -0.15) is 5.26 Å². The van der Waals surface area contributed by atoms with E-state index in [-0.39, 0.29) is 30.3 Å². The first kappa shape index (κ1) is 22.3. The smallest absolute Gasteiger partial charge is 0.238 e. The van der Waals surface area contributed by atoms with Crippen molar-refractivity contribution in [3.63, 3.8) is 0 Å². The van der Waals surface area contributed by atoms with Gasteiger partial charge in [0, 0.05) is 18.7 Å². The number of anilines is 1. The molecule has 0 atom stereocenters. The molecule has 0 radical (unpaired) electrons. The number of amides is 1. The van der Waals surface area contributed by atoms with E-state index in [2.05, 4.69) is 21.6 Å². The Labute approximate surface area is 182 Å². The summed E-state index contributed by atoms with van der Waals surface area (Å²) in [6.45, 7) is 3.29. The number of nitrogens with zero attached hydrogens (tertiary/aromatic N) is 5. The van der Waals surface area contributed by atoms with E-state index in [1.165, 1.54) is 0 Å². The van der Waals surface area contributed by atoms with Crippen LogP contribution >= 0.6 is 0 Å². The largest absolute Gasteiger partial charge is 0.509 e. The van der Waals surface area contributed by atoms with Crippen molar-refractivity contribution >= 4 is 17.2 Å². The first-order valence-corrected chi connectivity index (χ1v) is 10.5. The van der Waals surface area contributed by atoms with Gasteiger partial charge >= 0.3 is 0 Å². The minimum Gasteiger partial charge on any atom is -0.509 e. The van der Waals surface area contributed by atoms with E-state index in [1.54, 1.807) is 36.3 Å². The molecule has 3 rings (SSSR count). The van der Waals surface area contributed by atoms with Crippen molar-refractivity contribution in [1.82, 2.24) is 19.7 Å². The first-order chi connectivity index (χ1) is 15.0. The molecular weight excluding hydrogens is 396 g/mol. The second kappa shape index (κ2) is 10.6. The molecule has 0 saturated carbocycles. The molecule has 0 fully saturated rings. The Hall–Kier alpha value is -3.38. The van der Waals surface area contributed by atoms with E-state index < -0.39 is 0 Å². The Morgan fingerprint density at radius 2 is 2.03 bits per heavy atom. The maximum atomic E-state index is 12.4. The standard InChI is InChI=1S/C22H28N6O3/c1-3-27(15-21(30)24-16-8-10-17(31-2)11-9-16)14-19(29)18(13-23)22-26-25-20-7-5-4-6-12-28(20)22/h8-11,29H,3-7,12,14-15H2,1-2H3,(H,24,30)/b19-18-. The van der Waals surface area contributed by atoms with Crippen LogP contribution in [0.25, 0.3) is 5.57 Å². The summed E-state index contributed by atoms with van der Waals surface area (Å²) in [5.41, 5.74) is 0.764. The normalized spacial score (nSPS) is 14.3. The number of aliphatic hydroxyl groups excluding tert-OH is 1. The maximum Gasteiger partial charge on any atom is 0.238 e. The summed E-state index contributed by atoms with van der Waals surface area (Å²) in [5, 5.41) is 31.6. The molecular formula is C22H28N6O3. The lowest BCUT2D eigenvalue weighted by Gasteiger charge is -2.20. The maximum absolute atomic E-state index is 12.4. The highest BCUT2D eigenvalue weighted by Gasteiger charge is 2.22. The lowest BCUT2D eigenvalue weighted by atomic mass is 10.2. The van der Waals surface area contributed by atoms with Crippen molar-refractivity contribution in [2.24, 2.45) is 0 Å². The molecule has 0 saturated heterocycles. The van der Waals surface area contributed by atoms with Crippen LogP contribution in [0.4, 0.5) is 5.69 Å². The summed E-state index contributed by atoms with van der Waals surface area (Å²) in [4.78, 5) is 14.2. The van der Waals surface area contributed by atoms with Crippen molar-refractivity contribution in [3.8, 4) is 11.8 Å². The molecule has 0 spiro atoms. The fourth-order valence-corrected chi connectivity index (χ4v) is 3.56. The number of carbonyl (C=O) groups excluding carboxylic acids is 1. The number of aryl methyl sites for hydroxylation is 1. The van der Waals surface area contributed by atoms with E-state index in [0.717, 1.165) is 38.1 Å². The fraction of sp³-hybridized carbons (Fsp3) is 0.455. The zero-order chi connectivity index (χ0) is 22.2. The molecule has 1 aliphatic rings. The highest BCUT2D eigenvalue weighted by Crippen LogP contribution is 2.21. The van der Waals surface area contributed by atoms with Crippen LogP contribution in [0.5, 0.6) is 5.75 Å². The number of fused-ring (bicyclic) bond motifs is 1. The van der Waals surface area contributed by atoms with Crippen LogP contribution < -0.4 is 10.1 Å². The van der Waals surface area contributed by atoms with Gasteiger partial charge in [-0.05, 0) is 43.7 Å². The van der Waals surface area contributed by atoms with Crippen LogP contribution in [0.2, 0.25) is 0 Å². The number of benzene rings is 1. The Morgan fingerprint density at radius 1 is 1.26 bits per heavy atom. The second-order valence-electron chi connectivity index (χ2n) is 7.42. The number of allylic oxidation sites excluding steroid dienone is 1. The predicted molar refractivity (Wildman–Crippen MR) is 116 cm³/mol. The molecule has 1 amide bonds. The number of rotatable bonds is 8. The molecule has 1 aromatic heterocycles. The minimum atomic E-state index is -0.213. The monoisotopic (exact) mass is 424 g/mol. The molecule has 164 valence electrons. The van der Waals surface area contributed by atoms with Crippen molar-refractivity contribution in [2.45, 2.75) is 39.2 Å². The van der Waals surface area contributed by atoms with Crippen molar-refractivity contribution in [3.05, 3.63) is 41.7 Å². The Balaban J connectivity index is 1.69. The Kier molecular flexibility index (Phi) is 7.62. The molecule has 2 N–H and O–H groups in total. The average molecular weight is 425 g/mol. The SMILES string of the molecule is CCN(CC(=O)Nc1ccc(OC)cc1)C/C(O)=C(\C#N)c1nnc2n1CCCCC2. The zero-order valence-electron chi connectivity index (χ0n) is 18.0. The molecule has 0 aliphatic carbocycles. The van der Waals surface area contributed by atoms with Crippen LogP contribution in [0, 0.1) is 11.3 Å². The number of nitrogens with one attached hydrogen (secondary N) is 1. The third-order valence-electron chi connectivity index (χ3n) is 5.30. The summed E-state index contributed by atoms with van der Waals surface area (Å²) < 4.78 is 7.04. The van der Waals surface area contributed by atoms with Crippen LogP contribution in [0.3, 0.4) is 0 Å². The number of nitriles is 1. The number of ether oxygens (including phenoxy) is 1. The Morgan fingerprint density at radius 3 is 2.71 bits per heavy atom. The van der Waals surface area contributed by atoms with Gasteiger partial charge in [-0.3, -0.25) is 9.69 Å². The zero-order valence-corrected chi connectivity index (χ0v) is 18.0. The van der Waals surface area contributed by atoms with E-state index in [1.807, 2.05) is 11.5 Å². The van der Waals surface area contributed by atoms with Gasteiger partial charge in [-0.1, -0.05) is 13.3 Å². The van der Waals surface area contributed by atoms with E-state index in [4.69, 9.17) is 4.74 Å². The average Bonchev–Trinajstić information content (AvgIpc) is 3.01. The number of hydrogen-bond acceptors (Lipinski definition) is 7. The van der Waals surface area contributed by atoms with Crippen LogP contribution in [0.1, 0.15) is 37.8 Å². The van der Waals surface area contributed by atoms with Gasteiger partial charge in [0.05, 0.1) is 20.2 Å². The van der Waals surface area contributed by atoms with Gasteiger partial charge in [0.1, 0.15) is 29.0 Å². The topological polar surface area (TPSA) is 116 Å². The number of aromatic nitrogens is 3. The summed E-state index contributed by atoms with van der Waals surface area (Å²) in [6.07, 6.45) is 3.96. The summed E-state index contributed by atoms with van der Waals surface area (Å²) in [5.74, 6) is 1.63. The molecule has 0 bridgehead atoms. The van der Waals surface area contributed by atoms with Crippen molar-refractivity contribution < 1.29 is 14.6 Å². The molecule has 1 aliphatic heterocycles. The predicted octanol–water partition coefficient (Wildman–Crippen LogP) is 2.77. The molecule has 9 nitrogen and oxygen atoms in total. The highest BCUT2D eigenvalue weighted by molar-refractivity contribution is 5.92. The lowest BCUT2D eigenvalue weighted by molar-refractivity contribution is -0.117. The number of likely N-dealkylation sites (N-methyl/N-ethyl adjacent to an activating group) is 1. The van der Waals surface area contributed by atoms with E-state index in [9.17, 15) is 15.2 Å². The number of methoxy groups -OCH3 is 1. The van der Waals surface area contributed by atoms with Crippen LogP contribution in [-0.4, -0.2) is 57.4 Å². The summed E-state index contributed by atoms with van der Waals surface area (Å²) in [6, 6.07) is 9.13. The minimum absolute atomic E-state index is 0.0671. The molecule has 9 heteroatoms. The van der Waals surface area contributed by atoms with Crippen molar-refractivity contribution in [2.75, 3.05) is 32.1 Å². The van der Waals surface area contributed by atoms with Gasteiger partial charge in [0.15, 0.2) is 5.82 Å². The highest BCUT2D eigenvalue weighted by atomic mass is 16.5. The van der Waals surface area contributed by atoms with Gasteiger partial charge in [0.25, 0.3) is 0 Å². The molecule has 2 aromatic rings. The first-order valence-electron chi connectivity index (χ1n) is 10.5. The quantitative estimate of drug-likeness (QED) is 0.494.